The molecule has 0 aromatic carbocycles. The van der Waals surface area contributed by atoms with Crippen LogP contribution in [0.25, 0.3) is 0 Å². The van der Waals surface area contributed by atoms with Crippen molar-refractivity contribution < 1.29 is 57.1 Å². The molecule has 2 aliphatic rings. The van der Waals surface area contributed by atoms with Crippen LogP contribution in [0.1, 0.15) is 13.3 Å². The fraction of sp³-hybridized carbons (Fsp3) is 0.700. The van der Waals surface area contributed by atoms with Crippen molar-refractivity contribution in [1.29, 1.82) is 0 Å². The highest BCUT2D eigenvalue weighted by Gasteiger charge is 2.45. The Morgan fingerprint density at radius 2 is 1.44 bits per heavy atom. The average Bonchev–Trinajstić information content (AvgIpc) is 2.79. The highest BCUT2D eigenvalue weighted by Crippen LogP contribution is 2.30. The molecule has 12 heteroatoms. The van der Waals surface area contributed by atoms with Gasteiger partial charge in [0.2, 0.25) is 0 Å². The lowest BCUT2D eigenvalue weighted by Crippen LogP contribution is -2.46. The zero-order valence-electron chi connectivity index (χ0n) is 18.1. The van der Waals surface area contributed by atoms with Crippen LogP contribution in [0.3, 0.4) is 0 Å². The van der Waals surface area contributed by atoms with E-state index in [0.29, 0.717) is 13.2 Å². The second kappa shape index (κ2) is 12.2. The van der Waals surface area contributed by atoms with Crippen LogP contribution >= 0.6 is 0 Å². The lowest BCUT2D eigenvalue weighted by Gasteiger charge is -2.32. The first-order valence-corrected chi connectivity index (χ1v) is 9.97. The Morgan fingerprint density at radius 3 is 2.06 bits per heavy atom. The molecule has 0 spiro atoms. The summed E-state index contributed by atoms with van der Waals surface area (Å²) in [7, 11) is 1.55. The van der Waals surface area contributed by atoms with E-state index in [-0.39, 0.29) is 52.7 Å². The van der Waals surface area contributed by atoms with E-state index in [1.165, 1.54) is 6.08 Å². The minimum atomic E-state index is -1.22. The second-order valence-corrected chi connectivity index (χ2v) is 7.51. The molecule has 0 amide bonds. The summed E-state index contributed by atoms with van der Waals surface area (Å²) in [6.45, 7) is 1.79. The molecule has 2 rings (SSSR count). The van der Waals surface area contributed by atoms with Gasteiger partial charge in [-0.25, -0.2) is 9.59 Å². The standard InChI is InChI=1S/C20H28O12/c1-19(11-29-17(23)30-12-19)15(21)27-6-4-3-5-20(13-31-18(24)32-14-20)16(22)28-10-9-26-8-7-25-2/h3-4H,5-14H2,1-2H3/b4-3-. The maximum Gasteiger partial charge on any atom is 0.508 e. The Morgan fingerprint density at radius 1 is 0.844 bits per heavy atom. The first-order chi connectivity index (χ1) is 15.3. The fourth-order valence-electron chi connectivity index (χ4n) is 2.70. The number of allylic oxidation sites excluding steroid dienone is 1. The highest BCUT2D eigenvalue weighted by molar-refractivity contribution is 5.79. The first kappa shape index (κ1) is 25.4. The SMILES string of the molecule is COCCOCCOC(=O)C1(C/C=C\COC(=O)C2(C)COC(=O)OC2)COC(=O)OC1. The van der Waals surface area contributed by atoms with Crippen LogP contribution in [0.2, 0.25) is 0 Å². The third-order valence-corrected chi connectivity index (χ3v) is 4.75. The molecule has 0 aromatic rings. The largest absolute Gasteiger partial charge is 0.508 e. The lowest BCUT2D eigenvalue weighted by molar-refractivity contribution is -0.169. The number of esters is 2. The predicted molar refractivity (Wildman–Crippen MR) is 104 cm³/mol. The molecule has 2 saturated heterocycles. The molecule has 180 valence electrons. The summed E-state index contributed by atoms with van der Waals surface area (Å²) in [5, 5.41) is 0. The molecule has 0 atom stereocenters. The summed E-state index contributed by atoms with van der Waals surface area (Å²) >= 11 is 0. The number of hydrogen-bond acceptors (Lipinski definition) is 12. The summed E-state index contributed by atoms with van der Waals surface area (Å²) in [6.07, 6.45) is 1.57. The summed E-state index contributed by atoms with van der Waals surface area (Å²) in [5.74, 6) is -1.19. The van der Waals surface area contributed by atoms with Gasteiger partial charge in [-0.15, -0.1) is 0 Å². The Kier molecular flexibility index (Phi) is 9.72. The van der Waals surface area contributed by atoms with Crippen LogP contribution < -0.4 is 0 Å². The lowest BCUT2D eigenvalue weighted by atomic mass is 9.85. The van der Waals surface area contributed by atoms with Gasteiger partial charge < -0.3 is 37.9 Å². The minimum absolute atomic E-state index is 0.0186. The number of ether oxygens (including phenoxy) is 8. The molecule has 0 bridgehead atoms. The van der Waals surface area contributed by atoms with Gasteiger partial charge >= 0.3 is 24.2 Å². The molecule has 32 heavy (non-hydrogen) atoms. The van der Waals surface area contributed by atoms with Crippen molar-refractivity contribution in [3.8, 4) is 0 Å². The van der Waals surface area contributed by atoms with Gasteiger partial charge in [0.25, 0.3) is 0 Å². The van der Waals surface area contributed by atoms with Crippen molar-refractivity contribution in [3.63, 3.8) is 0 Å². The second-order valence-electron chi connectivity index (χ2n) is 7.51. The van der Waals surface area contributed by atoms with Crippen molar-refractivity contribution in [2.75, 3.05) is 66.6 Å². The quantitative estimate of drug-likeness (QED) is 0.177. The van der Waals surface area contributed by atoms with E-state index < -0.39 is 35.1 Å². The van der Waals surface area contributed by atoms with Crippen molar-refractivity contribution in [3.05, 3.63) is 12.2 Å². The molecule has 0 saturated carbocycles. The van der Waals surface area contributed by atoms with Gasteiger partial charge in [-0.3, -0.25) is 9.59 Å². The highest BCUT2D eigenvalue weighted by atomic mass is 16.7. The van der Waals surface area contributed by atoms with Crippen LogP contribution in [0.15, 0.2) is 12.2 Å². The van der Waals surface area contributed by atoms with Gasteiger partial charge in [-0.05, 0) is 13.3 Å². The number of methoxy groups -OCH3 is 1. The number of cyclic esters (lactones) is 4. The fourth-order valence-corrected chi connectivity index (χ4v) is 2.70. The molecule has 0 unspecified atom stereocenters. The van der Waals surface area contributed by atoms with Crippen LogP contribution in [0.4, 0.5) is 9.59 Å². The molecule has 0 radical (unpaired) electrons. The normalized spacial score (nSPS) is 19.3. The third kappa shape index (κ3) is 7.38. The summed E-state index contributed by atoms with van der Waals surface area (Å²) in [5.41, 5.74) is -2.32. The van der Waals surface area contributed by atoms with Gasteiger partial charge in [0, 0.05) is 7.11 Å². The van der Waals surface area contributed by atoms with Gasteiger partial charge in [0.05, 0.1) is 19.8 Å². The van der Waals surface area contributed by atoms with Gasteiger partial charge in [0.1, 0.15) is 50.5 Å². The van der Waals surface area contributed by atoms with Gasteiger partial charge in [0.15, 0.2) is 0 Å². The van der Waals surface area contributed by atoms with Crippen molar-refractivity contribution in [2.24, 2.45) is 10.8 Å². The zero-order valence-corrected chi connectivity index (χ0v) is 18.1. The molecule has 0 N–H and O–H groups in total. The van der Waals surface area contributed by atoms with Crippen LogP contribution in [-0.4, -0.2) is 90.8 Å². The Hall–Kier alpha value is -2.86. The molecule has 0 aromatic heterocycles. The van der Waals surface area contributed by atoms with E-state index in [9.17, 15) is 19.2 Å². The number of carbonyl (C=O) groups is 4. The van der Waals surface area contributed by atoms with E-state index in [2.05, 4.69) is 0 Å². The summed E-state index contributed by atoms with van der Waals surface area (Å²) in [6, 6.07) is 0. The van der Waals surface area contributed by atoms with Crippen LogP contribution in [0, 0.1) is 10.8 Å². The maximum atomic E-state index is 12.6. The van der Waals surface area contributed by atoms with Crippen molar-refractivity contribution >= 4 is 24.2 Å². The van der Waals surface area contributed by atoms with E-state index in [4.69, 9.17) is 37.9 Å². The molecule has 12 nitrogen and oxygen atoms in total. The third-order valence-electron chi connectivity index (χ3n) is 4.75. The van der Waals surface area contributed by atoms with Gasteiger partial charge in [-0.2, -0.15) is 0 Å². The molecule has 2 heterocycles. The van der Waals surface area contributed by atoms with E-state index in [1.807, 2.05) is 0 Å². The van der Waals surface area contributed by atoms with E-state index in [0.717, 1.165) is 0 Å². The molecular formula is C20H28O12. The van der Waals surface area contributed by atoms with E-state index >= 15 is 0 Å². The van der Waals surface area contributed by atoms with Crippen LogP contribution in [-0.2, 0) is 47.5 Å². The average molecular weight is 460 g/mol. The minimum Gasteiger partial charge on any atom is -0.463 e. The number of carbonyl (C=O) groups excluding carboxylic acids is 4. The monoisotopic (exact) mass is 460 g/mol. The molecule has 2 fully saturated rings. The maximum absolute atomic E-state index is 12.6. The zero-order chi connectivity index (χ0) is 23.5. The van der Waals surface area contributed by atoms with Gasteiger partial charge in [-0.1, -0.05) is 12.2 Å². The predicted octanol–water partition coefficient (Wildman–Crippen LogP) is 1.01. The smallest absolute Gasteiger partial charge is 0.463 e. The Balaban J connectivity index is 1.81. The van der Waals surface area contributed by atoms with Crippen molar-refractivity contribution in [2.45, 2.75) is 13.3 Å². The summed E-state index contributed by atoms with van der Waals surface area (Å²) < 4.78 is 39.7. The molecule has 0 aliphatic carbocycles. The van der Waals surface area contributed by atoms with Crippen molar-refractivity contribution in [1.82, 2.24) is 0 Å². The number of hydrogen-bond donors (Lipinski definition) is 0. The van der Waals surface area contributed by atoms with E-state index in [1.54, 1.807) is 20.1 Å². The summed E-state index contributed by atoms with van der Waals surface area (Å²) in [4.78, 5) is 47.0. The Labute approximate surface area is 185 Å². The topological polar surface area (TPSA) is 142 Å². The number of rotatable bonds is 12. The Bertz CT molecular complexity index is 681. The molecule has 2 aliphatic heterocycles. The first-order valence-electron chi connectivity index (χ1n) is 9.97. The molecular weight excluding hydrogens is 432 g/mol. The van der Waals surface area contributed by atoms with Crippen LogP contribution in [0.5, 0.6) is 0 Å².